The van der Waals surface area contributed by atoms with E-state index < -0.39 is 17.6 Å². The zero-order chi connectivity index (χ0) is 20.0. The summed E-state index contributed by atoms with van der Waals surface area (Å²) in [6.45, 7) is 4.37. The van der Waals surface area contributed by atoms with Gasteiger partial charge in [0.05, 0.1) is 7.11 Å². The maximum Gasteiger partial charge on any atom is 0.330 e. The Kier molecular flexibility index (Phi) is 7.06. The summed E-state index contributed by atoms with van der Waals surface area (Å²) >= 11 is 5.26. The first-order valence-electron chi connectivity index (χ1n) is 8.66. The molecule has 1 atom stereocenters. The van der Waals surface area contributed by atoms with Gasteiger partial charge in [-0.25, -0.2) is 4.79 Å². The number of carbonyl (C=O) groups is 1. The van der Waals surface area contributed by atoms with Crippen molar-refractivity contribution in [2.45, 2.75) is 39.4 Å². The van der Waals surface area contributed by atoms with E-state index in [1.165, 1.54) is 22.5 Å². The van der Waals surface area contributed by atoms with Gasteiger partial charge in [0.1, 0.15) is 5.56 Å². The summed E-state index contributed by atoms with van der Waals surface area (Å²) in [7, 11) is 1.29. The summed E-state index contributed by atoms with van der Waals surface area (Å²) in [6, 6.07) is 8.54. The molecule has 7 nitrogen and oxygen atoms in total. The van der Waals surface area contributed by atoms with Crippen LogP contribution in [0, 0.1) is 4.77 Å². The highest BCUT2D eigenvalue weighted by atomic mass is 32.1. The van der Waals surface area contributed by atoms with Crippen molar-refractivity contribution in [2.75, 3.05) is 7.11 Å². The van der Waals surface area contributed by atoms with Crippen LogP contribution in [0.1, 0.15) is 25.0 Å². The monoisotopic (exact) mass is 389 g/mol. The second-order valence-electron chi connectivity index (χ2n) is 5.82. The van der Waals surface area contributed by atoms with Crippen LogP contribution in [0.25, 0.3) is 0 Å². The molecule has 0 saturated carbocycles. The van der Waals surface area contributed by atoms with E-state index in [0.29, 0.717) is 19.5 Å². The Bertz CT molecular complexity index is 948. The Morgan fingerprint density at radius 1 is 1.26 bits per heavy atom. The first-order chi connectivity index (χ1) is 12.9. The molecule has 0 aliphatic carbocycles. The number of nitrogens with zero attached hydrogens (tertiary/aromatic N) is 3. The number of ether oxygens (including phenoxy) is 1. The Labute approximate surface area is 162 Å². The molecule has 1 heterocycles. The Balaban J connectivity index is 2.48. The lowest BCUT2D eigenvalue weighted by Gasteiger charge is -2.14. The molecule has 1 unspecified atom stereocenters. The SMILES string of the molecule is CCn1c(O)c(C=NC(Cc2ccccc2)C(=O)OC)c(=O)n(CC)c1=S. The topological polar surface area (TPSA) is 85.8 Å². The zero-order valence-corrected chi connectivity index (χ0v) is 16.4. The molecular formula is C19H23N3O4S. The maximum absolute atomic E-state index is 12.6. The van der Waals surface area contributed by atoms with Crippen molar-refractivity contribution in [3.63, 3.8) is 0 Å². The molecule has 0 amide bonds. The van der Waals surface area contributed by atoms with E-state index in [-0.39, 0.29) is 16.2 Å². The number of esters is 1. The molecule has 0 bridgehead atoms. The summed E-state index contributed by atoms with van der Waals surface area (Å²) in [5.41, 5.74) is 0.454. The third-order valence-electron chi connectivity index (χ3n) is 4.20. The molecule has 2 aromatic rings. The van der Waals surface area contributed by atoms with Crippen molar-refractivity contribution >= 4 is 24.4 Å². The van der Waals surface area contributed by atoms with Crippen LogP contribution in [-0.4, -0.2) is 39.6 Å². The van der Waals surface area contributed by atoms with E-state index in [4.69, 9.17) is 17.0 Å². The second-order valence-corrected chi connectivity index (χ2v) is 6.19. The molecule has 0 fully saturated rings. The second kappa shape index (κ2) is 9.27. The predicted octanol–water partition coefficient (Wildman–Crippen LogP) is 2.33. The molecule has 1 N–H and O–H groups in total. The summed E-state index contributed by atoms with van der Waals surface area (Å²) in [5.74, 6) is -0.780. The van der Waals surface area contributed by atoms with Crippen molar-refractivity contribution < 1.29 is 14.6 Å². The molecule has 1 aromatic carbocycles. The number of aliphatic imine (C=N–C) groups is 1. The average molecular weight is 389 g/mol. The number of carbonyl (C=O) groups excluding carboxylic acids is 1. The highest BCUT2D eigenvalue weighted by Crippen LogP contribution is 2.14. The molecule has 0 spiro atoms. The van der Waals surface area contributed by atoms with Crippen LogP contribution < -0.4 is 5.56 Å². The smallest absolute Gasteiger partial charge is 0.330 e. The first kappa shape index (κ1) is 20.6. The number of benzene rings is 1. The van der Waals surface area contributed by atoms with E-state index in [9.17, 15) is 14.7 Å². The molecule has 0 aliphatic rings. The van der Waals surface area contributed by atoms with Gasteiger partial charge >= 0.3 is 5.97 Å². The summed E-state index contributed by atoms with van der Waals surface area (Å²) < 4.78 is 7.90. The van der Waals surface area contributed by atoms with Gasteiger partial charge in [-0.05, 0) is 31.6 Å². The highest BCUT2D eigenvalue weighted by molar-refractivity contribution is 7.71. The van der Waals surface area contributed by atoms with Crippen molar-refractivity contribution in [3.8, 4) is 5.88 Å². The molecule has 0 aliphatic heterocycles. The van der Waals surface area contributed by atoms with Crippen molar-refractivity contribution in [1.82, 2.24) is 9.13 Å². The van der Waals surface area contributed by atoms with Crippen LogP contribution in [0.4, 0.5) is 0 Å². The number of methoxy groups -OCH3 is 1. The van der Waals surface area contributed by atoms with Crippen LogP contribution in [0.15, 0.2) is 40.1 Å². The van der Waals surface area contributed by atoms with E-state index in [1.54, 1.807) is 6.92 Å². The number of hydrogen-bond donors (Lipinski definition) is 1. The zero-order valence-electron chi connectivity index (χ0n) is 15.6. The molecule has 2 rings (SSSR count). The molecule has 27 heavy (non-hydrogen) atoms. The van der Waals surface area contributed by atoms with E-state index in [1.807, 2.05) is 37.3 Å². The van der Waals surface area contributed by atoms with Crippen LogP contribution in [-0.2, 0) is 29.0 Å². The van der Waals surface area contributed by atoms with Gasteiger partial charge in [0.2, 0.25) is 5.88 Å². The van der Waals surface area contributed by atoms with Crippen molar-refractivity contribution in [2.24, 2.45) is 4.99 Å². The first-order valence-corrected chi connectivity index (χ1v) is 9.06. The Morgan fingerprint density at radius 3 is 2.44 bits per heavy atom. The summed E-state index contributed by atoms with van der Waals surface area (Å²) in [4.78, 5) is 29.0. The molecule has 0 saturated heterocycles. The van der Waals surface area contributed by atoms with Crippen molar-refractivity contribution in [3.05, 3.63) is 56.6 Å². The van der Waals surface area contributed by atoms with Gasteiger partial charge < -0.3 is 9.84 Å². The van der Waals surface area contributed by atoms with Crippen LogP contribution in [0.2, 0.25) is 0 Å². The lowest BCUT2D eigenvalue weighted by molar-refractivity contribution is -0.142. The maximum atomic E-state index is 12.6. The average Bonchev–Trinajstić information content (AvgIpc) is 2.67. The third kappa shape index (κ3) is 4.51. The van der Waals surface area contributed by atoms with Gasteiger partial charge in [0, 0.05) is 25.7 Å². The highest BCUT2D eigenvalue weighted by Gasteiger charge is 2.20. The summed E-state index contributed by atoms with van der Waals surface area (Å²) in [6.07, 6.45) is 1.55. The largest absolute Gasteiger partial charge is 0.494 e. The Morgan fingerprint density at radius 2 is 1.89 bits per heavy atom. The molecule has 8 heteroatoms. The molecule has 1 aromatic heterocycles. The fourth-order valence-electron chi connectivity index (χ4n) is 2.72. The molecule has 144 valence electrons. The van der Waals surface area contributed by atoms with Gasteiger partial charge in [-0.1, -0.05) is 30.3 Å². The summed E-state index contributed by atoms with van der Waals surface area (Å²) in [5, 5.41) is 10.4. The fourth-order valence-corrected chi connectivity index (χ4v) is 3.15. The minimum Gasteiger partial charge on any atom is -0.494 e. The lowest BCUT2D eigenvalue weighted by Crippen LogP contribution is -2.29. The van der Waals surface area contributed by atoms with E-state index in [2.05, 4.69) is 4.99 Å². The number of rotatable bonds is 7. The van der Waals surface area contributed by atoms with Gasteiger partial charge in [0.25, 0.3) is 5.56 Å². The van der Waals surface area contributed by atoms with Gasteiger partial charge in [-0.3, -0.25) is 18.9 Å². The third-order valence-corrected chi connectivity index (χ3v) is 4.64. The number of hydrogen-bond acceptors (Lipinski definition) is 6. The van der Waals surface area contributed by atoms with Gasteiger partial charge in [-0.15, -0.1) is 0 Å². The van der Waals surface area contributed by atoms with Crippen LogP contribution in [0.3, 0.4) is 0 Å². The number of aromatic hydroxyl groups is 1. The quantitative estimate of drug-likeness (QED) is 0.446. The fraction of sp³-hybridized carbons (Fsp3) is 0.368. The number of aromatic nitrogens is 2. The van der Waals surface area contributed by atoms with Crippen LogP contribution in [0.5, 0.6) is 5.88 Å². The minimum atomic E-state index is -0.829. The van der Waals surface area contributed by atoms with E-state index >= 15 is 0 Å². The van der Waals surface area contributed by atoms with Crippen molar-refractivity contribution in [1.29, 1.82) is 0 Å². The molecule has 0 radical (unpaired) electrons. The predicted molar refractivity (Wildman–Crippen MR) is 106 cm³/mol. The van der Waals surface area contributed by atoms with Crippen LogP contribution >= 0.6 is 12.2 Å². The normalized spacial score (nSPS) is 12.3. The van der Waals surface area contributed by atoms with Gasteiger partial charge in [0.15, 0.2) is 10.8 Å². The lowest BCUT2D eigenvalue weighted by atomic mass is 10.1. The standard InChI is InChI=1S/C19H23N3O4S/c1-4-21-16(23)14(17(24)22(5-2)19(21)27)12-20-15(18(25)26-3)11-13-9-7-6-8-10-13/h6-10,12,15,23H,4-5,11H2,1-3H3. The minimum absolute atomic E-state index is 0.00531. The molecular weight excluding hydrogens is 366 g/mol. The van der Waals surface area contributed by atoms with E-state index in [0.717, 1.165) is 5.56 Å². The van der Waals surface area contributed by atoms with Gasteiger partial charge in [-0.2, -0.15) is 0 Å². The Hall–Kier alpha value is -2.74.